The van der Waals surface area contributed by atoms with Gasteiger partial charge in [0.25, 0.3) is 11.8 Å². The third-order valence-corrected chi connectivity index (χ3v) is 4.12. The summed E-state index contributed by atoms with van der Waals surface area (Å²) >= 11 is 0. The lowest BCUT2D eigenvalue weighted by Gasteiger charge is -2.22. The molecular formula is C22H27N3O4. The number of carbonyl (C=O) groups excluding carboxylic acids is 3. The van der Waals surface area contributed by atoms with Gasteiger partial charge >= 0.3 is 0 Å². The molecule has 0 saturated heterocycles. The van der Waals surface area contributed by atoms with Crippen LogP contribution in [0.1, 0.15) is 50.0 Å². The van der Waals surface area contributed by atoms with Crippen LogP contribution in [-0.4, -0.2) is 24.3 Å². The SMILES string of the molecule is CCC(=O)Nc1ccc(C(=O)NNC(=O)COc2ccccc2C(C)(C)C)cc1. The van der Waals surface area contributed by atoms with Crippen molar-refractivity contribution in [1.82, 2.24) is 10.9 Å². The van der Waals surface area contributed by atoms with Gasteiger partial charge in [0.05, 0.1) is 0 Å². The first-order valence-corrected chi connectivity index (χ1v) is 9.42. The number of rotatable bonds is 6. The summed E-state index contributed by atoms with van der Waals surface area (Å²) in [6.07, 6.45) is 0.372. The van der Waals surface area contributed by atoms with Crippen LogP contribution in [0.2, 0.25) is 0 Å². The van der Waals surface area contributed by atoms with Gasteiger partial charge in [-0.15, -0.1) is 0 Å². The number of amides is 3. The highest BCUT2D eigenvalue weighted by Crippen LogP contribution is 2.30. The van der Waals surface area contributed by atoms with Crippen molar-refractivity contribution >= 4 is 23.4 Å². The van der Waals surface area contributed by atoms with Crippen molar-refractivity contribution in [3.63, 3.8) is 0 Å². The molecule has 0 aromatic heterocycles. The molecule has 29 heavy (non-hydrogen) atoms. The number of carbonyl (C=O) groups is 3. The molecule has 7 nitrogen and oxygen atoms in total. The summed E-state index contributed by atoms with van der Waals surface area (Å²) in [5.41, 5.74) is 6.50. The normalized spacial score (nSPS) is 10.8. The Bertz CT molecular complexity index is 870. The van der Waals surface area contributed by atoms with Crippen LogP contribution in [0.3, 0.4) is 0 Å². The largest absolute Gasteiger partial charge is 0.483 e. The number of hydrogen-bond acceptors (Lipinski definition) is 4. The maximum Gasteiger partial charge on any atom is 0.276 e. The van der Waals surface area contributed by atoms with Crippen LogP contribution < -0.4 is 20.9 Å². The van der Waals surface area contributed by atoms with E-state index in [4.69, 9.17) is 4.74 Å². The number of nitrogens with one attached hydrogen (secondary N) is 3. The van der Waals surface area contributed by atoms with E-state index in [0.717, 1.165) is 5.56 Å². The summed E-state index contributed by atoms with van der Waals surface area (Å²) in [6.45, 7) is 7.72. The number of anilines is 1. The molecule has 3 amide bonds. The van der Waals surface area contributed by atoms with Crippen LogP contribution in [0.4, 0.5) is 5.69 Å². The Morgan fingerprint density at radius 2 is 1.55 bits per heavy atom. The van der Waals surface area contributed by atoms with E-state index >= 15 is 0 Å². The second-order valence-corrected chi connectivity index (χ2v) is 7.52. The molecule has 0 heterocycles. The third kappa shape index (κ3) is 6.64. The number of para-hydroxylation sites is 1. The average Bonchev–Trinajstić information content (AvgIpc) is 2.70. The molecule has 2 aromatic rings. The van der Waals surface area contributed by atoms with Gasteiger partial charge in [0.15, 0.2) is 6.61 Å². The first-order valence-electron chi connectivity index (χ1n) is 9.42. The maximum absolute atomic E-state index is 12.1. The van der Waals surface area contributed by atoms with Crippen LogP contribution in [0.5, 0.6) is 5.75 Å². The van der Waals surface area contributed by atoms with Gasteiger partial charge in [0.2, 0.25) is 5.91 Å². The van der Waals surface area contributed by atoms with Crippen molar-refractivity contribution in [3.8, 4) is 5.75 Å². The third-order valence-electron chi connectivity index (χ3n) is 4.12. The molecule has 0 aliphatic heterocycles. The molecular weight excluding hydrogens is 370 g/mol. The summed E-state index contributed by atoms with van der Waals surface area (Å²) in [5, 5.41) is 2.70. The van der Waals surface area contributed by atoms with E-state index in [-0.39, 0.29) is 17.9 Å². The van der Waals surface area contributed by atoms with Crippen LogP contribution in [-0.2, 0) is 15.0 Å². The van der Waals surface area contributed by atoms with Gasteiger partial charge < -0.3 is 10.1 Å². The van der Waals surface area contributed by atoms with Gasteiger partial charge in [-0.1, -0.05) is 45.9 Å². The number of hydrogen-bond donors (Lipinski definition) is 3. The highest BCUT2D eigenvalue weighted by molar-refractivity contribution is 5.96. The molecule has 0 aliphatic carbocycles. The average molecular weight is 397 g/mol. The Labute approximate surface area is 170 Å². The molecule has 0 fully saturated rings. The fourth-order valence-corrected chi connectivity index (χ4v) is 2.54. The molecule has 7 heteroatoms. The van der Waals surface area contributed by atoms with Crippen LogP contribution >= 0.6 is 0 Å². The van der Waals surface area contributed by atoms with Crippen LogP contribution in [0.15, 0.2) is 48.5 Å². The smallest absolute Gasteiger partial charge is 0.276 e. The van der Waals surface area contributed by atoms with E-state index < -0.39 is 11.8 Å². The first kappa shape index (κ1) is 21.9. The fourth-order valence-electron chi connectivity index (χ4n) is 2.54. The minimum absolute atomic E-state index is 0.109. The lowest BCUT2D eigenvalue weighted by atomic mass is 9.86. The molecule has 2 aromatic carbocycles. The molecule has 154 valence electrons. The van der Waals surface area contributed by atoms with Gasteiger partial charge in [-0.3, -0.25) is 25.2 Å². The van der Waals surface area contributed by atoms with Crippen molar-refractivity contribution in [2.45, 2.75) is 39.5 Å². The number of benzene rings is 2. The molecule has 3 N–H and O–H groups in total. The Hall–Kier alpha value is -3.35. The maximum atomic E-state index is 12.1. The molecule has 0 bridgehead atoms. The van der Waals surface area contributed by atoms with Crippen molar-refractivity contribution in [1.29, 1.82) is 0 Å². The lowest BCUT2D eigenvalue weighted by Crippen LogP contribution is -2.43. The van der Waals surface area contributed by atoms with Crippen molar-refractivity contribution in [3.05, 3.63) is 59.7 Å². The molecule has 0 spiro atoms. The van der Waals surface area contributed by atoms with E-state index in [2.05, 4.69) is 36.9 Å². The minimum atomic E-state index is -0.478. The lowest BCUT2D eigenvalue weighted by molar-refractivity contribution is -0.123. The Morgan fingerprint density at radius 3 is 2.17 bits per heavy atom. The van der Waals surface area contributed by atoms with Crippen molar-refractivity contribution < 1.29 is 19.1 Å². The standard InChI is InChI=1S/C22H27N3O4/c1-5-19(26)23-16-12-10-15(11-13-16)21(28)25-24-20(27)14-29-18-9-7-6-8-17(18)22(2,3)4/h6-13H,5,14H2,1-4H3,(H,23,26)(H,24,27)(H,25,28). The number of hydrazine groups is 1. The second kappa shape index (κ2) is 9.73. The zero-order valence-electron chi connectivity index (χ0n) is 17.2. The highest BCUT2D eigenvalue weighted by atomic mass is 16.5. The molecule has 0 atom stereocenters. The minimum Gasteiger partial charge on any atom is -0.483 e. The van der Waals surface area contributed by atoms with Crippen LogP contribution in [0, 0.1) is 0 Å². The van der Waals surface area contributed by atoms with Gasteiger partial charge in [-0.25, -0.2) is 0 Å². The molecule has 0 unspecified atom stereocenters. The predicted molar refractivity (Wildman–Crippen MR) is 112 cm³/mol. The van der Waals surface area contributed by atoms with E-state index in [0.29, 0.717) is 23.4 Å². The monoisotopic (exact) mass is 397 g/mol. The topological polar surface area (TPSA) is 96.5 Å². The molecule has 2 rings (SSSR count). The van der Waals surface area contributed by atoms with E-state index in [1.54, 1.807) is 31.2 Å². The quantitative estimate of drug-likeness (QED) is 0.652. The Kier molecular flexibility index (Phi) is 7.36. The predicted octanol–water partition coefficient (Wildman–Crippen LogP) is 3.17. The van der Waals surface area contributed by atoms with Gasteiger partial charge in [0.1, 0.15) is 5.75 Å². The van der Waals surface area contributed by atoms with Crippen LogP contribution in [0.25, 0.3) is 0 Å². The van der Waals surface area contributed by atoms with Gasteiger partial charge in [0, 0.05) is 17.7 Å². The Morgan fingerprint density at radius 1 is 0.897 bits per heavy atom. The van der Waals surface area contributed by atoms with E-state index in [9.17, 15) is 14.4 Å². The zero-order valence-corrected chi connectivity index (χ0v) is 17.2. The van der Waals surface area contributed by atoms with Gasteiger partial charge in [-0.2, -0.15) is 0 Å². The van der Waals surface area contributed by atoms with E-state index in [1.807, 2.05) is 24.3 Å². The molecule has 0 radical (unpaired) electrons. The molecule has 0 saturated carbocycles. The van der Waals surface area contributed by atoms with Crippen molar-refractivity contribution in [2.75, 3.05) is 11.9 Å². The molecule has 0 aliphatic rings. The summed E-state index contributed by atoms with van der Waals surface area (Å²) in [4.78, 5) is 35.5. The highest BCUT2D eigenvalue weighted by Gasteiger charge is 2.19. The first-order chi connectivity index (χ1) is 13.7. The van der Waals surface area contributed by atoms with E-state index in [1.165, 1.54) is 0 Å². The fraction of sp³-hybridized carbons (Fsp3) is 0.318. The van der Waals surface area contributed by atoms with Crippen molar-refractivity contribution in [2.24, 2.45) is 0 Å². The number of ether oxygens (including phenoxy) is 1. The summed E-state index contributed by atoms with van der Waals surface area (Å²) in [7, 11) is 0. The summed E-state index contributed by atoms with van der Waals surface area (Å²) < 4.78 is 5.62. The zero-order chi connectivity index (χ0) is 21.4. The summed E-state index contributed by atoms with van der Waals surface area (Å²) in [6, 6.07) is 13.9. The second-order valence-electron chi connectivity index (χ2n) is 7.52. The summed E-state index contributed by atoms with van der Waals surface area (Å²) in [5.74, 6) is -0.426. The Balaban J connectivity index is 1.85. The van der Waals surface area contributed by atoms with Gasteiger partial charge in [-0.05, 0) is 41.3 Å².